The van der Waals surface area contributed by atoms with Crippen LogP contribution in [0.4, 0.5) is 14.5 Å². The van der Waals surface area contributed by atoms with E-state index in [1.165, 1.54) is 6.07 Å². The van der Waals surface area contributed by atoms with Gasteiger partial charge in [-0.15, -0.1) is 0 Å². The lowest BCUT2D eigenvalue weighted by molar-refractivity contribution is -0.0504. The molecule has 2 aromatic rings. The molecule has 1 heterocycles. The largest absolute Gasteiger partial charge is 0.494 e. The second-order valence-electron chi connectivity index (χ2n) is 8.82. The number of ether oxygens (including phenoxy) is 1. The number of hydrogen-bond donors (Lipinski definition) is 2. The summed E-state index contributed by atoms with van der Waals surface area (Å²) in [4.78, 5) is 12.4. The highest BCUT2D eigenvalue weighted by Gasteiger charge is 2.51. The predicted molar refractivity (Wildman–Crippen MR) is 121 cm³/mol. The number of carbonyl (C=O) groups is 1. The predicted octanol–water partition coefficient (Wildman–Crippen LogP) is 3.87. The molecule has 1 aliphatic rings. The van der Waals surface area contributed by atoms with E-state index < -0.39 is 24.9 Å². The monoisotopic (exact) mass is 446 g/mol. The fourth-order valence-electron chi connectivity index (χ4n) is 3.41. The summed E-state index contributed by atoms with van der Waals surface area (Å²) in [7, 11) is 0.944. The third kappa shape index (κ3) is 5.05. The zero-order chi connectivity index (χ0) is 23.7. The van der Waals surface area contributed by atoms with Gasteiger partial charge in [-0.2, -0.15) is 8.78 Å². The fraction of sp³-hybridized carbons (Fsp3) is 0.435. The van der Waals surface area contributed by atoms with E-state index in [2.05, 4.69) is 15.4 Å². The summed E-state index contributed by atoms with van der Waals surface area (Å²) in [5.41, 5.74) is 2.13. The molecule has 0 bridgehead atoms. The van der Waals surface area contributed by atoms with Crippen LogP contribution in [0.5, 0.6) is 5.75 Å². The molecule has 0 spiro atoms. The van der Waals surface area contributed by atoms with Crippen LogP contribution in [0.2, 0.25) is 0 Å². The molecule has 0 aromatic heterocycles. The van der Waals surface area contributed by atoms with Gasteiger partial charge in [0.2, 0.25) is 0 Å². The Morgan fingerprint density at radius 3 is 2.34 bits per heavy atom. The Labute approximate surface area is 187 Å². The first-order chi connectivity index (χ1) is 14.9. The highest BCUT2D eigenvalue weighted by atomic mass is 19.3. The molecule has 6 nitrogen and oxygen atoms in total. The first-order valence-electron chi connectivity index (χ1n) is 10.4. The SMILES string of the molecule is CNC(=O)c1ccc(B2OC(C)(C)C(C)(C)O2)cc1NCc1cc(C)ccc1OC(F)F. The van der Waals surface area contributed by atoms with Gasteiger partial charge in [-0.25, -0.2) is 0 Å². The van der Waals surface area contributed by atoms with Crippen LogP contribution in [0.3, 0.4) is 0 Å². The number of hydrogen-bond acceptors (Lipinski definition) is 5. The maximum atomic E-state index is 12.8. The van der Waals surface area contributed by atoms with Crippen molar-refractivity contribution in [2.45, 2.75) is 59.0 Å². The van der Waals surface area contributed by atoms with Crippen LogP contribution >= 0.6 is 0 Å². The van der Waals surface area contributed by atoms with Crippen molar-refractivity contribution in [3.63, 3.8) is 0 Å². The van der Waals surface area contributed by atoms with E-state index in [9.17, 15) is 13.6 Å². The lowest BCUT2D eigenvalue weighted by atomic mass is 9.78. The van der Waals surface area contributed by atoms with Gasteiger partial charge in [0.25, 0.3) is 5.91 Å². The maximum absolute atomic E-state index is 12.8. The van der Waals surface area contributed by atoms with Gasteiger partial charge in [-0.05, 0) is 58.3 Å². The average Bonchev–Trinajstić information content (AvgIpc) is 2.94. The molecule has 1 amide bonds. The third-order valence-electron chi connectivity index (χ3n) is 5.94. The van der Waals surface area contributed by atoms with Crippen molar-refractivity contribution in [3.05, 3.63) is 53.1 Å². The summed E-state index contributed by atoms with van der Waals surface area (Å²) in [5.74, 6) is -0.192. The molecule has 0 atom stereocenters. The van der Waals surface area contributed by atoms with Gasteiger partial charge >= 0.3 is 13.7 Å². The number of benzene rings is 2. The first-order valence-corrected chi connectivity index (χ1v) is 10.4. The van der Waals surface area contributed by atoms with Crippen LogP contribution in [-0.4, -0.2) is 37.9 Å². The molecule has 32 heavy (non-hydrogen) atoms. The van der Waals surface area contributed by atoms with E-state index in [0.29, 0.717) is 16.8 Å². The average molecular weight is 446 g/mol. The number of carbonyl (C=O) groups excluding carboxylic acids is 1. The summed E-state index contributed by atoms with van der Waals surface area (Å²) in [6.45, 7) is 6.98. The fourth-order valence-corrected chi connectivity index (χ4v) is 3.41. The number of amides is 1. The number of rotatable bonds is 7. The molecule has 0 unspecified atom stereocenters. The van der Waals surface area contributed by atoms with Crippen molar-refractivity contribution < 1.29 is 27.6 Å². The maximum Gasteiger partial charge on any atom is 0.494 e. The van der Waals surface area contributed by atoms with Crippen LogP contribution in [0.1, 0.15) is 49.2 Å². The smallest absolute Gasteiger partial charge is 0.434 e. The summed E-state index contributed by atoms with van der Waals surface area (Å²) in [6.07, 6.45) is 0. The van der Waals surface area contributed by atoms with Crippen molar-refractivity contribution in [3.8, 4) is 5.75 Å². The molecule has 0 radical (unpaired) electrons. The standard InChI is InChI=1S/C23H29BF2N2O4/c1-14-7-10-19(30-21(25)26)15(11-14)13-28-18-12-16(8-9-17(18)20(29)27-6)24-31-22(2,3)23(4,5)32-24/h7-12,21,28H,13H2,1-6H3,(H,27,29). The van der Waals surface area contributed by atoms with E-state index >= 15 is 0 Å². The molecule has 9 heteroatoms. The second-order valence-corrected chi connectivity index (χ2v) is 8.82. The van der Waals surface area contributed by atoms with Gasteiger partial charge in [0.15, 0.2) is 0 Å². The van der Waals surface area contributed by atoms with E-state index in [0.717, 1.165) is 11.0 Å². The van der Waals surface area contributed by atoms with Crippen LogP contribution < -0.4 is 20.8 Å². The normalized spacial score (nSPS) is 16.8. The molecule has 1 aliphatic heterocycles. The van der Waals surface area contributed by atoms with Gasteiger partial charge in [-0.3, -0.25) is 4.79 Å². The van der Waals surface area contributed by atoms with Crippen molar-refractivity contribution in [1.82, 2.24) is 5.32 Å². The van der Waals surface area contributed by atoms with Crippen LogP contribution in [0.25, 0.3) is 0 Å². The summed E-state index contributed by atoms with van der Waals surface area (Å²) >= 11 is 0. The molecule has 1 saturated heterocycles. The molecule has 0 aliphatic carbocycles. The van der Waals surface area contributed by atoms with Crippen LogP contribution in [0.15, 0.2) is 36.4 Å². The summed E-state index contributed by atoms with van der Waals surface area (Å²) in [6, 6.07) is 10.2. The number of nitrogens with one attached hydrogen (secondary N) is 2. The Morgan fingerprint density at radius 2 is 1.75 bits per heavy atom. The Balaban J connectivity index is 1.91. The number of alkyl halides is 2. The lowest BCUT2D eigenvalue weighted by Crippen LogP contribution is -2.41. The van der Waals surface area contributed by atoms with Crippen molar-refractivity contribution in [2.75, 3.05) is 12.4 Å². The topological polar surface area (TPSA) is 68.8 Å². The Morgan fingerprint density at radius 1 is 1.09 bits per heavy atom. The van der Waals surface area contributed by atoms with E-state index in [4.69, 9.17) is 9.31 Å². The van der Waals surface area contributed by atoms with Gasteiger partial charge < -0.3 is 24.7 Å². The Bertz CT molecular complexity index is 982. The molecule has 3 rings (SSSR count). The Hall–Kier alpha value is -2.65. The first kappa shape index (κ1) is 24.0. The number of aryl methyl sites for hydroxylation is 1. The minimum Gasteiger partial charge on any atom is -0.434 e. The molecule has 2 aromatic carbocycles. The van der Waals surface area contributed by atoms with Crippen molar-refractivity contribution >= 4 is 24.2 Å². The molecule has 2 N–H and O–H groups in total. The minimum absolute atomic E-state index is 0.0849. The van der Waals surface area contributed by atoms with Crippen molar-refractivity contribution in [1.29, 1.82) is 0 Å². The lowest BCUT2D eigenvalue weighted by Gasteiger charge is -2.32. The Kier molecular flexibility index (Phi) is 6.81. The van der Waals surface area contributed by atoms with Gasteiger partial charge in [-0.1, -0.05) is 23.8 Å². The molecule has 0 saturated carbocycles. The van der Waals surface area contributed by atoms with E-state index in [-0.39, 0.29) is 18.2 Å². The van der Waals surface area contributed by atoms with Gasteiger partial charge in [0.05, 0.1) is 16.8 Å². The third-order valence-corrected chi connectivity index (χ3v) is 5.94. The van der Waals surface area contributed by atoms with Gasteiger partial charge in [0, 0.05) is 24.8 Å². The summed E-state index contributed by atoms with van der Waals surface area (Å²) in [5, 5.41) is 5.81. The van der Waals surface area contributed by atoms with Crippen LogP contribution in [0, 0.1) is 6.92 Å². The van der Waals surface area contributed by atoms with Crippen molar-refractivity contribution in [2.24, 2.45) is 0 Å². The van der Waals surface area contributed by atoms with Gasteiger partial charge in [0.1, 0.15) is 5.75 Å². The molecular formula is C23H29BF2N2O4. The quantitative estimate of drug-likeness (QED) is 0.633. The molecule has 172 valence electrons. The molecule has 1 fully saturated rings. The minimum atomic E-state index is -2.93. The molecular weight excluding hydrogens is 417 g/mol. The second kappa shape index (κ2) is 9.07. The highest BCUT2D eigenvalue weighted by molar-refractivity contribution is 6.62. The summed E-state index contributed by atoms with van der Waals surface area (Å²) < 4.78 is 42.5. The van der Waals surface area contributed by atoms with E-state index in [1.54, 1.807) is 37.4 Å². The highest BCUT2D eigenvalue weighted by Crippen LogP contribution is 2.36. The number of anilines is 1. The zero-order valence-electron chi connectivity index (χ0n) is 19.2. The van der Waals surface area contributed by atoms with Crippen LogP contribution in [-0.2, 0) is 15.9 Å². The number of halogens is 2. The zero-order valence-corrected chi connectivity index (χ0v) is 19.2. The van der Waals surface area contributed by atoms with E-state index in [1.807, 2.05) is 34.6 Å².